The van der Waals surface area contributed by atoms with Gasteiger partial charge in [-0.2, -0.15) is 0 Å². The van der Waals surface area contributed by atoms with E-state index in [-0.39, 0.29) is 5.91 Å². The fourth-order valence-corrected chi connectivity index (χ4v) is 3.96. The molecule has 6 heteroatoms. The average Bonchev–Trinajstić information content (AvgIpc) is 2.55. The van der Waals surface area contributed by atoms with Crippen molar-refractivity contribution in [3.8, 4) is 0 Å². The number of benzene rings is 1. The molecule has 1 aromatic carbocycles. The van der Waals surface area contributed by atoms with Crippen LogP contribution in [0.5, 0.6) is 0 Å². The van der Waals surface area contributed by atoms with Crippen LogP contribution in [-0.4, -0.2) is 61.5 Å². The Morgan fingerprint density at radius 1 is 1.13 bits per heavy atom. The summed E-state index contributed by atoms with van der Waals surface area (Å²) < 4.78 is 0. The molecule has 2 heterocycles. The van der Waals surface area contributed by atoms with Crippen molar-refractivity contribution < 1.29 is 4.79 Å². The van der Waals surface area contributed by atoms with Crippen LogP contribution in [0.15, 0.2) is 18.2 Å². The summed E-state index contributed by atoms with van der Waals surface area (Å²) in [5.41, 5.74) is 0.576. The number of piperidine rings is 1. The zero-order valence-electron chi connectivity index (χ0n) is 13.2. The molecule has 0 bridgehead atoms. The van der Waals surface area contributed by atoms with Crippen LogP contribution < -0.4 is 5.32 Å². The number of hydrogen-bond acceptors (Lipinski definition) is 3. The molecule has 1 N–H and O–H groups in total. The first-order chi connectivity index (χ1) is 11.1. The fraction of sp³-hybridized carbons (Fsp3) is 0.588. The van der Waals surface area contributed by atoms with E-state index in [2.05, 4.69) is 10.2 Å². The Bertz CT molecular complexity index is 533. The van der Waals surface area contributed by atoms with Crippen LogP contribution in [-0.2, 0) is 0 Å². The summed E-state index contributed by atoms with van der Waals surface area (Å²) in [7, 11) is 0. The van der Waals surface area contributed by atoms with Gasteiger partial charge in [0.15, 0.2) is 0 Å². The summed E-state index contributed by atoms with van der Waals surface area (Å²) in [6.07, 6.45) is 2.59. The third kappa shape index (κ3) is 4.60. The van der Waals surface area contributed by atoms with Gasteiger partial charge in [0.2, 0.25) is 0 Å². The Hall–Kier alpha value is -0.810. The molecule has 0 radical (unpaired) electrons. The predicted molar refractivity (Wildman–Crippen MR) is 94.4 cm³/mol. The van der Waals surface area contributed by atoms with Crippen LogP contribution in [0.4, 0.5) is 0 Å². The number of carbonyl (C=O) groups excluding carboxylic acids is 1. The molecule has 1 atom stereocenters. The number of carbonyl (C=O) groups is 1. The van der Waals surface area contributed by atoms with Gasteiger partial charge in [-0.05, 0) is 50.0 Å². The molecule has 0 spiro atoms. The molecule has 0 aliphatic carbocycles. The zero-order chi connectivity index (χ0) is 16.2. The van der Waals surface area contributed by atoms with Crippen LogP contribution in [0.1, 0.15) is 23.2 Å². The molecule has 23 heavy (non-hydrogen) atoms. The molecule has 126 valence electrons. The van der Waals surface area contributed by atoms with Crippen LogP contribution in [0.3, 0.4) is 0 Å². The normalized spacial score (nSPS) is 23.0. The Balaban J connectivity index is 1.52. The van der Waals surface area contributed by atoms with E-state index in [0.29, 0.717) is 15.6 Å². The van der Waals surface area contributed by atoms with Crippen LogP contribution >= 0.6 is 23.2 Å². The second-order valence-corrected chi connectivity index (χ2v) is 7.34. The van der Waals surface area contributed by atoms with Gasteiger partial charge in [-0.15, -0.1) is 0 Å². The first-order valence-electron chi connectivity index (χ1n) is 8.30. The molecule has 2 saturated heterocycles. The van der Waals surface area contributed by atoms with Crippen molar-refractivity contribution in [2.45, 2.75) is 12.8 Å². The summed E-state index contributed by atoms with van der Waals surface area (Å²) in [5.74, 6) is 0.770. The van der Waals surface area contributed by atoms with Gasteiger partial charge in [0.25, 0.3) is 5.91 Å². The SMILES string of the molecule is O=C(c1cc(Cl)cc(Cl)c1)N1CCN(CC2CCCNC2)CC1. The van der Waals surface area contributed by atoms with Gasteiger partial charge in [-0.25, -0.2) is 0 Å². The van der Waals surface area contributed by atoms with E-state index in [1.54, 1.807) is 18.2 Å². The highest BCUT2D eigenvalue weighted by Gasteiger charge is 2.24. The molecule has 3 rings (SSSR count). The number of nitrogens with zero attached hydrogens (tertiary/aromatic N) is 2. The highest BCUT2D eigenvalue weighted by atomic mass is 35.5. The lowest BCUT2D eigenvalue weighted by Crippen LogP contribution is -2.50. The Morgan fingerprint density at radius 3 is 2.43 bits per heavy atom. The number of amides is 1. The smallest absolute Gasteiger partial charge is 0.254 e. The molecule has 1 amide bonds. The van der Waals surface area contributed by atoms with Crippen molar-refractivity contribution in [2.75, 3.05) is 45.8 Å². The van der Waals surface area contributed by atoms with Gasteiger partial charge in [-0.1, -0.05) is 23.2 Å². The van der Waals surface area contributed by atoms with Crippen LogP contribution in [0.2, 0.25) is 10.0 Å². The van der Waals surface area contributed by atoms with E-state index in [4.69, 9.17) is 23.2 Å². The molecular formula is C17H23Cl2N3O. The second-order valence-electron chi connectivity index (χ2n) is 6.46. The van der Waals surface area contributed by atoms with Crippen LogP contribution in [0, 0.1) is 5.92 Å². The Morgan fingerprint density at radius 2 is 1.83 bits per heavy atom. The molecule has 4 nitrogen and oxygen atoms in total. The Kier molecular flexibility index (Phi) is 5.81. The van der Waals surface area contributed by atoms with Gasteiger partial charge in [-0.3, -0.25) is 9.69 Å². The second kappa shape index (κ2) is 7.84. The van der Waals surface area contributed by atoms with Crippen molar-refractivity contribution in [1.29, 1.82) is 0 Å². The van der Waals surface area contributed by atoms with Gasteiger partial charge in [0.1, 0.15) is 0 Å². The third-order valence-corrected chi connectivity index (χ3v) is 5.12. The number of nitrogens with one attached hydrogen (secondary N) is 1. The van der Waals surface area contributed by atoms with Crippen molar-refractivity contribution in [2.24, 2.45) is 5.92 Å². The van der Waals surface area contributed by atoms with Crippen molar-refractivity contribution in [1.82, 2.24) is 15.1 Å². The molecule has 0 aromatic heterocycles. The fourth-order valence-electron chi connectivity index (χ4n) is 3.44. The minimum absolute atomic E-state index is 0.0217. The zero-order valence-corrected chi connectivity index (χ0v) is 14.7. The first-order valence-corrected chi connectivity index (χ1v) is 9.06. The van der Waals surface area contributed by atoms with E-state index in [0.717, 1.165) is 51.7 Å². The lowest BCUT2D eigenvalue weighted by Gasteiger charge is -2.37. The molecular weight excluding hydrogens is 333 g/mol. The molecule has 2 aliphatic rings. The highest BCUT2D eigenvalue weighted by Crippen LogP contribution is 2.21. The van der Waals surface area contributed by atoms with E-state index < -0.39 is 0 Å². The standard InChI is InChI=1S/C17H23Cl2N3O/c18-15-8-14(9-16(19)10-15)17(23)22-6-4-21(5-7-22)12-13-2-1-3-20-11-13/h8-10,13,20H,1-7,11-12H2. The van der Waals surface area contributed by atoms with Gasteiger partial charge < -0.3 is 10.2 Å². The largest absolute Gasteiger partial charge is 0.336 e. The summed E-state index contributed by atoms with van der Waals surface area (Å²) in [6.45, 7) is 6.83. The van der Waals surface area contributed by atoms with Crippen LogP contribution in [0.25, 0.3) is 0 Å². The van der Waals surface area contributed by atoms with E-state index in [1.165, 1.54) is 12.8 Å². The maximum Gasteiger partial charge on any atom is 0.254 e. The summed E-state index contributed by atoms with van der Waals surface area (Å²) >= 11 is 12.0. The molecule has 0 saturated carbocycles. The first kappa shape index (κ1) is 17.0. The molecule has 2 aliphatic heterocycles. The van der Waals surface area contributed by atoms with Crippen molar-refractivity contribution in [3.05, 3.63) is 33.8 Å². The van der Waals surface area contributed by atoms with Crippen molar-refractivity contribution >= 4 is 29.1 Å². The minimum Gasteiger partial charge on any atom is -0.336 e. The van der Waals surface area contributed by atoms with E-state index >= 15 is 0 Å². The average molecular weight is 356 g/mol. The molecule has 1 unspecified atom stereocenters. The molecule has 1 aromatic rings. The quantitative estimate of drug-likeness (QED) is 0.905. The number of halogens is 2. The third-order valence-electron chi connectivity index (χ3n) is 4.68. The van der Waals surface area contributed by atoms with Gasteiger partial charge in [0.05, 0.1) is 0 Å². The maximum atomic E-state index is 12.6. The van der Waals surface area contributed by atoms with Gasteiger partial charge >= 0.3 is 0 Å². The number of hydrogen-bond donors (Lipinski definition) is 1. The summed E-state index contributed by atoms with van der Waals surface area (Å²) in [4.78, 5) is 17.0. The summed E-state index contributed by atoms with van der Waals surface area (Å²) in [6, 6.07) is 5.03. The number of piperazine rings is 1. The Labute approximate surface area is 147 Å². The maximum absolute atomic E-state index is 12.6. The minimum atomic E-state index is 0.0217. The van der Waals surface area contributed by atoms with Gasteiger partial charge in [0, 0.05) is 48.3 Å². The van der Waals surface area contributed by atoms with Crippen molar-refractivity contribution in [3.63, 3.8) is 0 Å². The predicted octanol–water partition coefficient (Wildman–Crippen LogP) is 2.75. The topological polar surface area (TPSA) is 35.6 Å². The monoisotopic (exact) mass is 355 g/mol. The van der Waals surface area contributed by atoms with E-state index in [1.807, 2.05) is 4.90 Å². The highest BCUT2D eigenvalue weighted by molar-refractivity contribution is 6.35. The lowest BCUT2D eigenvalue weighted by molar-refractivity contribution is 0.0610. The van der Waals surface area contributed by atoms with E-state index in [9.17, 15) is 4.79 Å². The lowest BCUT2D eigenvalue weighted by atomic mass is 9.99. The number of rotatable bonds is 3. The molecule has 2 fully saturated rings. The summed E-state index contributed by atoms with van der Waals surface area (Å²) in [5, 5.41) is 4.48.